The molecule has 0 unspecified atom stereocenters. The third-order valence-corrected chi connectivity index (χ3v) is 6.18. The molecule has 4 aromatic rings. The molecule has 3 heterocycles. The topological polar surface area (TPSA) is 61.4 Å². The molecule has 31 heavy (non-hydrogen) atoms. The van der Waals surface area contributed by atoms with Gasteiger partial charge in [0, 0.05) is 36.3 Å². The molecule has 0 N–H and O–H groups in total. The third-order valence-electron chi connectivity index (χ3n) is 4.94. The van der Waals surface area contributed by atoms with Crippen molar-refractivity contribution in [2.75, 3.05) is 6.61 Å². The summed E-state index contributed by atoms with van der Waals surface area (Å²) in [4.78, 5) is 22.7. The minimum atomic E-state index is -0.0560. The van der Waals surface area contributed by atoms with E-state index in [4.69, 9.17) is 26.3 Å². The lowest BCUT2D eigenvalue weighted by atomic mass is 10.2. The normalized spacial score (nSPS) is 11.8. The summed E-state index contributed by atoms with van der Waals surface area (Å²) in [7, 11) is 0. The highest BCUT2D eigenvalue weighted by Gasteiger charge is 2.14. The molecule has 0 aliphatic rings. The molecule has 0 radical (unpaired) electrons. The van der Waals surface area contributed by atoms with Gasteiger partial charge in [0.15, 0.2) is 5.16 Å². The fraction of sp³-hybridized carbons (Fsp3) is 0.348. The van der Waals surface area contributed by atoms with E-state index < -0.39 is 0 Å². The van der Waals surface area contributed by atoms with Crippen molar-refractivity contribution >= 4 is 39.9 Å². The lowest BCUT2D eigenvalue weighted by Gasteiger charge is -2.14. The molecule has 0 aliphatic heterocycles. The number of benzene rings is 1. The van der Waals surface area contributed by atoms with Gasteiger partial charge in [-0.3, -0.25) is 9.36 Å². The molecule has 0 spiro atoms. The quantitative estimate of drug-likeness (QED) is 0.209. The van der Waals surface area contributed by atoms with Crippen molar-refractivity contribution in [3.8, 4) is 0 Å². The summed E-state index contributed by atoms with van der Waals surface area (Å²) in [6.07, 6.45) is 4.91. The smallest absolute Gasteiger partial charge is 0.262 e. The molecule has 0 fully saturated rings. The Labute approximate surface area is 190 Å². The number of aromatic nitrogens is 4. The van der Waals surface area contributed by atoms with Crippen molar-refractivity contribution in [1.82, 2.24) is 18.9 Å². The number of aryl methyl sites for hydroxylation is 1. The molecule has 0 bridgehead atoms. The van der Waals surface area contributed by atoms with Crippen LogP contribution in [-0.4, -0.2) is 31.6 Å². The van der Waals surface area contributed by atoms with Gasteiger partial charge in [0.1, 0.15) is 5.65 Å². The summed E-state index contributed by atoms with van der Waals surface area (Å²) >= 11 is 7.66. The van der Waals surface area contributed by atoms with Gasteiger partial charge in [-0.25, -0.2) is 9.97 Å². The number of hydrogen-bond donors (Lipinski definition) is 0. The van der Waals surface area contributed by atoms with Crippen molar-refractivity contribution in [3.05, 3.63) is 69.4 Å². The van der Waals surface area contributed by atoms with Crippen LogP contribution in [0.15, 0.2) is 52.7 Å². The van der Waals surface area contributed by atoms with E-state index in [9.17, 15) is 4.79 Å². The monoisotopic (exact) mass is 456 g/mol. The van der Waals surface area contributed by atoms with E-state index in [1.165, 1.54) is 11.8 Å². The van der Waals surface area contributed by atoms with Crippen LogP contribution in [0.25, 0.3) is 16.6 Å². The highest BCUT2D eigenvalue weighted by molar-refractivity contribution is 7.98. The van der Waals surface area contributed by atoms with Crippen LogP contribution in [0.2, 0.25) is 5.02 Å². The summed E-state index contributed by atoms with van der Waals surface area (Å²) in [5.74, 6) is 0.613. The van der Waals surface area contributed by atoms with Crippen LogP contribution < -0.4 is 5.56 Å². The molecule has 0 atom stereocenters. The zero-order valence-corrected chi connectivity index (χ0v) is 19.4. The predicted octanol–water partition coefficient (Wildman–Crippen LogP) is 5.11. The highest BCUT2D eigenvalue weighted by Crippen LogP contribution is 2.24. The van der Waals surface area contributed by atoms with Crippen molar-refractivity contribution in [1.29, 1.82) is 0 Å². The molecule has 0 saturated heterocycles. The van der Waals surface area contributed by atoms with Crippen molar-refractivity contribution in [2.45, 2.75) is 50.8 Å². The molecule has 3 aromatic heterocycles. The van der Waals surface area contributed by atoms with Gasteiger partial charge in [0.05, 0.1) is 22.7 Å². The summed E-state index contributed by atoms with van der Waals surface area (Å²) in [6, 6.07) is 9.26. The van der Waals surface area contributed by atoms with Gasteiger partial charge < -0.3 is 9.14 Å². The lowest BCUT2D eigenvalue weighted by Crippen LogP contribution is -2.24. The number of halogens is 1. The Morgan fingerprint density at radius 3 is 2.84 bits per heavy atom. The maximum Gasteiger partial charge on any atom is 0.262 e. The molecule has 1 aromatic carbocycles. The fourth-order valence-electron chi connectivity index (χ4n) is 3.44. The SMILES string of the molecule is Cc1cccn2cc(CSc3nc4cc(Cl)ccc4c(=O)n3CCCOC(C)C)nc12. The fourth-order valence-corrected chi connectivity index (χ4v) is 4.51. The minimum absolute atomic E-state index is 0.0560. The van der Waals surface area contributed by atoms with E-state index in [1.54, 1.807) is 22.8 Å². The Morgan fingerprint density at radius 2 is 2.06 bits per heavy atom. The van der Waals surface area contributed by atoms with E-state index in [0.717, 1.165) is 23.3 Å². The second kappa shape index (κ2) is 9.42. The molecule has 0 amide bonds. The number of rotatable bonds is 8. The van der Waals surface area contributed by atoms with Crippen molar-refractivity contribution in [2.24, 2.45) is 0 Å². The van der Waals surface area contributed by atoms with Gasteiger partial charge in [-0.05, 0) is 57.0 Å². The summed E-state index contributed by atoms with van der Waals surface area (Å²) < 4.78 is 9.41. The number of thioether (sulfide) groups is 1. The summed E-state index contributed by atoms with van der Waals surface area (Å²) in [5, 5.41) is 1.80. The largest absolute Gasteiger partial charge is 0.379 e. The van der Waals surface area contributed by atoms with Crippen LogP contribution in [0.3, 0.4) is 0 Å². The van der Waals surface area contributed by atoms with Gasteiger partial charge >= 0.3 is 0 Å². The summed E-state index contributed by atoms with van der Waals surface area (Å²) in [5.41, 5.74) is 3.56. The van der Waals surface area contributed by atoms with Gasteiger partial charge in [-0.1, -0.05) is 29.4 Å². The highest BCUT2D eigenvalue weighted by atomic mass is 35.5. The Hall–Kier alpha value is -2.35. The zero-order valence-electron chi connectivity index (χ0n) is 17.8. The van der Waals surface area contributed by atoms with Crippen LogP contribution >= 0.6 is 23.4 Å². The standard InChI is InChI=1S/C23H25ClN4O2S/c1-15(2)30-11-5-10-28-22(29)19-8-7-17(24)12-20(19)26-23(28)31-14-18-13-27-9-4-6-16(3)21(27)25-18/h4,6-9,12-13,15H,5,10-11,14H2,1-3H3. The Balaban J connectivity index is 1.63. The molecule has 8 heteroatoms. The van der Waals surface area contributed by atoms with Crippen molar-refractivity contribution < 1.29 is 4.74 Å². The predicted molar refractivity (Wildman–Crippen MR) is 126 cm³/mol. The Kier molecular flexibility index (Phi) is 6.65. The maximum absolute atomic E-state index is 13.2. The van der Waals surface area contributed by atoms with Gasteiger partial charge in [0.2, 0.25) is 0 Å². The van der Waals surface area contributed by atoms with Gasteiger partial charge in [-0.15, -0.1) is 0 Å². The molecule has 0 saturated carbocycles. The molecular weight excluding hydrogens is 432 g/mol. The number of ether oxygens (including phenoxy) is 1. The van der Waals surface area contributed by atoms with E-state index in [2.05, 4.69) is 0 Å². The number of hydrogen-bond acceptors (Lipinski definition) is 5. The van der Waals surface area contributed by atoms with Crippen LogP contribution in [0.4, 0.5) is 0 Å². The van der Waals surface area contributed by atoms with Crippen molar-refractivity contribution in [3.63, 3.8) is 0 Å². The number of imidazole rings is 1. The average molecular weight is 457 g/mol. The zero-order chi connectivity index (χ0) is 22.0. The second-order valence-electron chi connectivity index (χ2n) is 7.73. The van der Waals surface area contributed by atoms with E-state index in [-0.39, 0.29) is 11.7 Å². The van der Waals surface area contributed by atoms with E-state index in [1.807, 2.05) is 49.7 Å². The van der Waals surface area contributed by atoms with E-state index >= 15 is 0 Å². The van der Waals surface area contributed by atoms with Crippen LogP contribution in [0.1, 0.15) is 31.5 Å². The summed E-state index contributed by atoms with van der Waals surface area (Å²) in [6.45, 7) is 7.20. The molecule has 6 nitrogen and oxygen atoms in total. The Morgan fingerprint density at radius 1 is 1.23 bits per heavy atom. The van der Waals surface area contributed by atoms with Gasteiger partial charge in [0.25, 0.3) is 5.56 Å². The van der Waals surface area contributed by atoms with Gasteiger partial charge in [-0.2, -0.15) is 0 Å². The Bertz CT molecular complexity index is 1280. The number of pyridine rings is 1. The van der Waals surface area contributed by atoms with E-state index in [0.29, 0.717) is 40.0 Å². The van der Waals surface area contributed by atoms with Crippen LogP contribution in [-0.2, 0) is 17.0 Å². The first kappa shape index (κ1) is 21.9. The maximum atomic E-state index is 13.2. The number of nitrogens with zero attached hydrogens (tertiary/aromatic N) is 4. The first-order valence-corrected chi connectivity index (χ1v) is 11.7. The first-order chi connectivity index (χ1) is 14.9. The van der Waals surface area contributed by atoms with Crippen LogP contribution in [0.5, 0.6) is 0 Å². The molecular formula is C23H25ClN4O2S. The molecule has 162 valence electrons. The first-order valence-electron chi connectivity index (χ1n) is 10.3. The van der Waals surface area contributed by atoms with Crippen LogP contribution in [0, 0.1) is 6.92 Å². The number of fused-ring (bicyclic) bond motifs is 2. The molecule has 4 rings (SSSR count). The minimum Gasteiger partial charge on any atom is -0.379 e. The average Bonchev–Trinajstić information content (AvgIpc) is 3.15. The molecule has 0 aliphatic carbocycles. The second-order valence-corrected chi connectivity index (χ2v) is 9.11. The third kappa shape index (κ3) is 4.95. The lowest BCUT2D eigenvalue weighted by molar-refractivity contribution is 0.0743.